The van der Waals surface area contributed by atoms with E-state index in [0.29, 0.717) is 0 Å². The molecule has 114 valence electrons. The molecule has 0 fully saturated rings. The van der Waals surface area contributed by atoms with Crippen molar-refractivity contribution in [2.75, 3.05) is 6.54 Å². The number of nitrogens with one attached hydrogen (secondary N) is 1. The number of rotatable bonds is 5. The van der Waals surface area contributed by atoms with E-state index in [1.165, 1.54) is 5.56 Å². The average Bonchev–Trinajstić information content (AvgIpc) is 2.32. The minimum Gasteiger partial charge on any atom is -0.489 e. The summed E-state index contributed by atoms with van der Waals surface area (Å²) in [6.45, 7) is 16.3. The van der Waals surface area contributed by atoms with E-state index in [-0.39, 0.29) is 17.1 Å². The van der Waals surface area contributed by atoms with E-state index in [4.69, 9.17) is 4.74 Å². The van der Waals surface area contributed by atoms with Crippen molar-refractivity contribution < 1.29 is 4.74 Å². The predicted molar refractivity (Wildman–Crippen MR) is 87.6 cm³/mol. The molecule has 0 aliphatic rings. The Balaban J connectivity index is 2.80. The van der Waals surface area contributed by atoms with Crippen LogP contribution in [0.2, 0.25) is 0 Å². The zero-order chi connectivity index (χ0) is 15.4. The molecule has 0 heterocycles. The van der Waals surface area contributed by atoms with Crippen molar-refractivity contribution in [3.63, 3.8) is 0 Å². The summed E-state index contributed by atoms with van der Waals surface area (Å²) >= 11 is 0. The molecule has 0 saturated heterocycles. The van der Waals surface area contributed by atoms with Gasteiger partial charge < -0.3 is 10.1 Å². The smallest absolute Gasteiger partial charge is 0.123 e. The number of hydrogen-bond donors (Lipinski definition) is 1. The van der Waals surface area contributed by atoms with Crippen LogP contribution in [-0.4, -0.2) is 18.2 Å². The van der Waals surface area contributed by atoms with Gasteiger partial charge in [-0.3, -0.25) is 0 Å². The number of para-hydroxylation sites is 1. The van der Waals surface area contributed by atoms with Crippen molar-refractivity contribution in [2.45, 2.75) is 71.9 Å². The van der Waals surface area contributed by atoms with Gasteiger partial charge in [0.1, 0.15) is 11.9 Å². The number of ether oxygens (including phenoxy) is 1. The lowest BCUT2D eigenvalue weighted by Gasteiger charge is -2.28. The SMILES string of the molecule is CCC(CNC(C)(C)C)Oc1ccccc1C(C)(C)C. The van der Waals surface area contributed by atoms with Gasteiger partial charge in [0.25, 0.3) is 0 Å². The summed E-state index contributed by atoms with van der Waals surface area (Å²) in [6.07, 6.45) is 1.21. The second-order valence-electron chi connectivity index (χ2n) is 7.53. The largest absolute Gasteiger partial charge is 0.489 e. The molecule has 0 aromatic heterocycles. The Kier molecular flexibility index (Phi) is 5.64. The quantitative estimate of drug-likeness (QED) is 0.853. The molecule has 2 nitrogen and oxygen atoms in total. The fourth-order valence-electron chi connectivity index (χ4n) is 2.06. The van der Waals surface area contributed by atoms with Gasteiger partial charge in [0.05, 0.1) is 0 Å². The summed E-state index contributed by atoms with van der Waals surface area (Å²) in [5.74, 6) is 1.02. The van der Waals surface area contributed by atoms with Crippen LogP contribution in [-0.2, 0) is 5.41 Å². The van der Waals surface area contributed by atoms with Gasteiger partial charge in [-0.05, 0) is 44.2 Å². The van der Waals surface area contributed by atoms with Crippen molar-refractivity contribution >= 4 is 0 Å². The van der Waals surface area contributed by atoms with Crippen LogP contribution >= 0.6 is 0 Å². The summed E-state index contributed by atoms with van der Waals surface area (Å²) in [4.78, 5) is 0. The van der Waals surface area contributed by atoms with Crippen LogP contribution in [0.25, 0.3) is 0 Å². The number of hydrogen-bond acceptors (Lipinski definition) is 2. The second-order valence-corrected chi connectivity index (χ2v) is 7.53. The lowest BCUT2D eigenvalue weighted by atomic mass is 9.86. The van der Waals surface area contributed by atoms with Crippen molar-refractivity contribution in [1.29, 1.82) is 0 Å². The Morgan fingerprint density at radius 1 is 1.05 bits per heavy atom. The van der Waals surface area contributed by atoms with Gasteiger partial charge in [-0.25, -0.2) is 0 Å². The van der Waals surface area contributed by atoms with Gasteiger partial charge in [-0.15, -0.1) is 0 Å². The van der Waals surface area contributed by atoms with E-state index >= 15 is 0 Å². The topological polar surface area (TPSA) is 21.3 Å². The Bertz CT molecular complexity index is 412. The van der Waals surface area contributed by atoms with E-state index in [9.17, 15) is 0 Å². The first-order valence-electron chi connectivity index (χ1n) is 7.64. The van der Waals surface area contributed by atoms with Gasteiger partial charge in [-0.2, -0.15) is 0 Å². The van der Waals surface area contributed by atoms with E-state index < -0.39 is 0 Å². The molecule has 1 rings (SSSR count). The molecule has 20 heavy (non-hydrogen) atoms. The minimum absolute atomic E-state index is 0.104. The van der Waals surface area contributed by atoms with Crippen LogP contribution in [0.4, 0.5) is 0 Å². The maximum atomic E-state index is 6.25. The zero-order valence-corrected chi connectivity index (χ0v) is 14.2. The molecule has 1 aromatic rings. The number of benzene rings is 1. The fourth-order valence-corrected chi connectivity index (χ4v) is 2.06. The normalized spacial score (nSPS) is 14.2. The summed E-state index contributed by atoms with van der Waals surface area (Å²) in [5, 5.41) is 3.53. The molecule has 2 heteroatoms. The molecule has 1 aromatic carbocycles. The summed E-state index contributed by atoms with van der Waals surface area (Å²) < 4.78 is 6.25. The average molecular weight is 277 g/mol. The Hall–Kier alpha value is -1.02. The molecule has 0 amide bonds. The Labute approximate surface area is 124 Å². The van der Waals surface area contributed by atoms with Crippen LogP contribution in [0.5, 0.6) is 5.75 Å². The molecule has 0 aliphatic heterocycles. The molecule has 1 atom stereocenters. The molecule has 0 radical (unpaired) electrons. The highest BCUT2D eigenvalue weighted by molar-refractivity contribution is 5.38. The highest BCUT2D eigenvalue weighted by Gasteiger charge is 2.21. The van der Waals surface area contributed by atoms with Gasteiger partial charge in [0, 0.05) is 12.1 Å². The summed E-state index contributed by atoms with van der Waals surface area (Å²) in [5.41, 5.74) is 1.50. The van der Waals surface area contributed by atoms with Gasteiger partial charge in [0.2, 0.25) is 0 Å². The van der Waals surface area contributed by atoms with Crippen molar-refractivity contribution in [3.05, 3.63) is 29.8 Å². The van der Waals surface area contributed by atoms with Gasteiger partial charge >= 0.3 is 0 Å². The monoisotopic (exact) mass is 277 g/mol. The highest BCUT2D eigenvalue weighted by atomic mass is 16.5. The van der Waals surface area contributed by atoms with Crippen LogP contribution in [0.1, 0.15) is 60.5 Å². The lowest BCUT2D eigenvalue weighted by molar-refractivity contribution is 0.178. The Morgan fingerprint density at radius 2 is 1.65 bits per heavy atom. The first-order chi connectivity index (χ1) is 9.13. The molecular formula is C18H31NO. The van der Waals surface area contributed by atoms with Crippen LogP contribution in [0.3, 0.4) is 0 Å². The molecular weight excluding hydrogens is 246 g/mol. The first kappa shape index (κ1) is 17.0. The molecule has 0 saturated carbocycles. The van der Waals surface area contributed by atoms with Crippen LogP contribution < -0.4 is 10.1 Å². The predicted octanol–water partition coefficient (Wildman–Crippen LogP) is 4.53. The van der Waals surface area contributed by atoms with Crippen molar-refractivity contribution in [1.82, 2.24) is 5.32 Å². The van der Waals surface area contributed by atoms with Crippen LogP contribution in [0, 0.1) is 0 Å². The third-order valence-corrected chi connectivity index (χ3v) is 3.30. The van der Waals surface area contributed by atoms with E-state index in [2.05, 4.69) is 78.0 Å². The van der Waals surface area contributed by atoms with Crippen molar-refractivity contribution in [2.24, 2.45) is 0 Å². The molecule has 1 unspecified atom stereocenters. The van der Waals surface area contributed by atoms with E-state index in [1.807, 2.05) is 0 Å². The van der Waals surface area contributed by atoms with E-state index in [1.54, 1.807) is 0 Å². The van der Waals surface area contributed by atoms with Crippen LogP contribution in [0.15, 0.2) is 24.3 Å². The molecule has 0 spiro atoms. The Morgan fingerprint density at radius 3 is 2.15 bits per heavy atom. The zero-order valence-electron chi connectivity index (χ0n) is 14.2. The molecule has 0 aliphatic carbocycles. The maximum absolute atomic E-state index is 6.25. The standard InChI is InChI=1S/C18H31NO/c1-8-14(13-19-18(5,6)7)20-16-12-10-9-11-15(16)17(2,3)4/h9-12,14,19H,8,13H2,1-7H3. The second kappa shape index (κ2) is 6.62. The molecule has 1 N–H and O–H groups in total. The molecule has 0 bridgehead atoms. The van der Waals surface area contributed by atoms with Gasteiger partial charge in [-0.1, -0.05) is 45.9 Å². The lowest BCUT2D eigenvalue weighted by Crippen LogP contribution is -2.42. The highest BCUT2D eigenvalue weighted by Crippen LogP contribution is 2.31. The third-order valence-electron chi connectivity index (χ3n) is 3.30. The van der Waals surface area contributed by atoms with Crippen molar-refractivity contribution in [3.8, 4) is 5.75 Å². The minimum atomic E-state index is 0.104. The third kappa shape index (κ3) is 5.54. The summed E-state index contributed by atoms with van der Waals surface area (Å²) in [6, 6.07) is 8.38. The first-order valence-corrected chi connectivity index (χ1v) is 7.64. The van der Waals surface area contributed by atoms with Gasteiger partial charge in [0.15, 0.2) is 0 Å². The fraction of sp³-hybridized carbons (Fsp3) is 0.667. The maximum Gasteiger partial charge on any atom is 0.123 e. The summed E-state index contributed by atoms with van der Waals surface area (Å²) in [7, 11) is 0. The van der Waals surface area contributed by atoms with E-state index in [0.717, 1.165) is 18.7 Å².